The van der Waals surface area contributed by atoms with Crippen LogP contribution in [0.25, 0.3) is 0 Å². The summed E-state index contributed by atoms with van der Waals surface area (Å²) in [6.07, 6.45) is 0.199. The minimum Gasteiger partial charge on any atom is -0.347 e. The molecular formula is C18H16ClFN2O2. The predicted molar refractivity (Wildman–Crippen MR) is 89.1 cm³/mol. The van der Waals surface area contributed by atoms with E-state index in [2.05, 4.69) is 5.32 Å². The second kappa shape index (κ2) is 7.01. The lowest BCUT2D eigenvalue weighted by Gasteiger charge is -2.17. The van der Waals surface area contributed by atoms with Crippen molar-refractivity contribution in [3.8, 4) is 0 Å². The van der Waals surface area contributed by atoms with E-state index < -0.39 is 11.7 Å². The summed E-state index contributed by atoms with van der Waals surface area (Å²) in [6, 6.07) is 13.3. The lowest BCUT2D eigenvalue weighted by Crippen LogP contribution is -2.37. The Morgan fingerprint density at radius 1 is 1.21 bits per heavy atom. The first-order valence-electron chi connectivity index (χ1n) is 7.61. The minimum atomic E-state index is -0.675. The highest BCUT2D eigenvalue weighted by Gasteiger charge is 2.31. The van der Waals surface area contributed by atoms with Gasteiger partial charge >= 0.3 is 0 Å². The Labute approximate surface area is 144 Å². The number of amides is 2. The Bertz CT molecular complexity index is 747. The summed E-state index contributed by atoms with van der Waals surface area (Å²) in [7, 11) is 0. The summed E-state index contributed by atoms with van der Waals surface area (Å²) in [5, 5.41) is 2.75. The van der Waals surface area contributed by atoms with E-state index in [4.69, 9.17) is 11.6 Å². The number of carbonyl (C=O) groups is 2. The topological polar surface area (TPSA) is 49.4 Å². The van der Waals surface area contributed by atoms with E-state index in [1.807, 2.05) is 30.3 Å². The third kappa shape index (κ3) is 3.57. The number of rotatable bonds is 4. The van der Waals surface area contributed by atoms with Crippen LogP contribution in [0.3, 0.4) is 0 Å². The molecule has 0 saturated carbocycles. The van der Waals surface area contributed by atoms with Gasteiger partial charge in [0.25, 0.3) is 5.91 Å². The summed E-state index contributed by atoms with van der Waals surface area (Å²) in [5.41, 5.74) is 0.836. The maximum Gasteiger partial charge on any atom is 0.256 e. The van der Waals surface area contributed by atoms with E-state index in [0.717, 1.165) is 5.56 Å². The van der Waals surface area contributed by atoms with E-state index in [9.17, 15) is 14.0 Å². The maximum absolute atomic E-state index is 13.8. The SMILES string of the molecule is O=C(N[C@H]1CC(=O)N(Cc2ccccc2)C1)c1c(F)cccc1Cl. The van der Waals surface area contributed by atoms with E-state index in [-0.39, 0.29) is 29.0 Å². The molecule has 0 bridgehead atoms. The van der Waals surface area contributed by atoms with Crippen LogP contribution < -0.4 is 5.32 Å². The normalized spacial score (nSPS) is 17.2. The van der Waals surface area contributed by atoms with Crippen molar-refractivity contribution in [1.82, 2.24) is 10.2 Å². The van der Waals surface area contributed by atoms with Crippen LogP contribution in [0, 0.1) is 5.82 Å². The van der Waals surface area contributed by atoms with Gasteiger partial charge in [-0.1, -0.05) is 48.0 Å². The van der Waals surface area contributed by atoms with Crippen molar-refractivity contribution in [1.29, 1.82) is 0 Å². The summed E-state index contributed by atoms with van der Waals surface area (Å²) in [6.45, 7) is 0.887. The molecule has 1 saturated heterocycles. The summed E-state index contributed by atoms with van der Waals surface area (Å²) in [5.74, 6) is -1.31. The van der Waals surface area contributed by atoms with E-state index in [0.29, 0.717) is 13.1 Å². The first-order valence-corrected chi connectivity index (χ1v) is 7.99. The van der Waals surface area contributed by atoms with Crippen molar-refractivity contribution < 1.29 is 14.0 Å². The molecule has 2 amide bonds. The Morgan fingerprint density at radius 2 is 1.96 bits per heavy atom. The monoisotopic (exact) mass is 346 g/mol. The number of hydrogen-bond donors (Lipinski definition) is 1. The van der Waals surface area contributed by atoms with Gasteiger partial charge in [-0.3, -0.25) is 9.59 Å². The van der Waals surface area contributed by atoms with Crippen molar-refractivity contribution in [2.45, 2.75) is 19.0 Å². The molecule has 24 heavy (non-hydrogen) atoms. The molecule has 4 nitrogen and oxygen atoms in total. The number of benzene rings is 2. The van der Waals surface area contributed by atoms with Gasteiger partial charge in [0.15, 0.2) is 0 Å². The molecule has 6 heteroatoms. The fourth-order valence-electron chi connectivity index (χ4n) is 2.80. The predicted octanol–water partition coefficient (Wildman–Crippen LogP) is 3.01. The molecule has 1 atom stereocenters. The number of hydrogen-bond acceptors (Lipinski definition) is 2. The largest absolute Gasteiger partial charge is 0.347 e. The molecular weight excluding hydrogens is 331 g/mol. The fourth-order valence-corrected chi connectivity index (χ4v) is 3.05. The highest BCUT2D eigenvalue weighted by atomic mass is 35.5. The Morgan fingerprint density at radius 3 is 2.67 bits per heavy atom. The van der Waals surface area contributed by atoms with Crippen LogP contribution in [0.5, 0.6) is 0 Å². The van der Waals surface area contributed by atoms with Crippen LogP contribution in [0.15, 0.2) is 48.5 Å². The number of likely N-dealkylation sites (tertiary alicyclic amines) is 1. The number of nitrogens with zero attached hydrogens (tertiary/aromatic N) is 1. The second-order valence-corrected chi connectivity index (χ2v) is 6.14. The van der Waals surface area contributed by atoms with E-state index in [1.54, 1.807) is 4.90 Å². The van der Waals surface area contributed by atoms with Crippen LogP contribution in [-0.2, 0) is 11.3 Å². The molecule has 2 aromatic rings. The molecule has 1 fully saturated rings. The van der Waals surface area contributed by atoms with Crippen LogP contribution in [-0.4, -0.2) is 29.3 Å². The maximum atomic E-state index is 13.8. The number of carbonyl (C=O) groups excluding carboxylic acids is 2. The fraction of sp³-hybridized carbons (Fsp3) is 0.222. The average molecular weight is 347 g/mol. The van der Waals surface area contributed by atoms with Gasteiger partial charge in [0, 0.05) is 19.5 Å². The molecule has 0 unspecified atom stereocenters. The highest BCUT2D eigenvalue weighted by molar-refractivity contribution is 6.33. The molecule has 3 rings (SSSR count). The highest BCUT2D eigenvalue weighted by Crippen LogP contribution is 2.20. The molecule has 1 N–H and O–H groups in total. The van der Waals surface area contributed by atoms with Crippen molar-refractivity contribution >= 4 is 23.4 Å². The summed E-state index contributed by atoms with van der Waals surface area (Å²) in [4.78, 5) is 26.0. The third-order valence-corrected chi connectivity index (χ3v) is 4.27. The van der Waals surface area contributed by atoms with Gasteiger partial charge in [-0.05, 0) is 17.7 Å². The third-order valence-electron chi connectivity index (χ3n) is 3.96. The smallest absolute Gasteiger partial charge is 0.256 e. The first-order chi connectivity index (χ1) is 11.5. The lowest BCUT2D eigenvalue weighted by molar-refractivity contribution is -0.128. The lowest BCUT2D eigenvalue weighted by atomic mass is 10.1. The molecule has 0 spiro atoms. The molecule has 0 aromatic heterocycles. The van der Waals surface area contributed by atoms with Gasteiger partial charge in [0.1, 0.15) is 5.82 Å². The first kappa shape index (κ1) is 16.5. The zero-order valence-electron chi connectivity index (χ0n) is 12.8. The number of halogens is 2. The molecule has 124 valence electrons. The van der Waals surface area contributed by atoms with Gasteiger partial charge in [0.05, 0.1) is 16.6 Å². The van der Waals surface area contributed by atoms with Crippen LogP contribution >= 0.6 is 11.6 Å². The Balaban J connectivity index is 1.65. The number of nitrogens with one attached hydrogen (secondary N) is 1. The molecule has 1 aliphatic rings. The van der Waals surface area contributed by atoms with Gasteiger partial charge in [-0.2, -0.15) is 0 Å². The molecule has 0 aliphatic carbocycles. The van der Waals surface area contributed by atoms with Crippen LogP contribution in [0.1, 0.15) is 22.3 Å². The van der Waals surface area contributed by atoms with Crippen molar-refractivity contribution in [2.24, 2.45) is 0 Å². The van der Waals surface area contributed by atoms with Crippen molar-refractivity contribution in [3.63, 3.8) is 0 Å². The van der Waals surface area contributed by atoms with Gasteiger partial charge in [-0.15, -0.1) is 0 Å². The standard InChI is InChI=1S/C18H16ClFN2O2/c19-14-7-4-8-15(20)17(14)18(24)21-13-9-16(23)22(11-13)10-12-5-2-1-3-6-12/h1-8,13H,9-11H2,(H,21,24)/t13-/m0/s1. The van der Waals surface area contributed by atoms with Crippen molar-refractivity contribution in [2.75, 3.05) is 6.54 Å². The molecule has 0 radical (unpaired) electrons. The molecule has 2 aromatic carbocycles. The van der Waals surface area contributed by atoms with Crippen LogP contribution in [0.2, 0.25) is 5.02 Å². The van der Waals surface area contributed by atoms with Crippen molar-refractivity contribution in [3.05, 3.63) is 70.5 Å². The zero-order chi connectivity index (χ0) is 17.1. The van der Waals surface area contributed by atoms with E-state index >= 15 is 0 Å². The quantitative estimate of drug-likeness (QED) is 0.925. The van der Waals surface area contributed by atoms with E-state index in [1.165, 1.54) is 18.2 Å². The Kier molecular flexibility index (Phi) is 4.81. The van der Waals surface area contributed by atoms with Gasteiger partial charge in [0.2, 0.25) is 5.91 Å². The molecule has 1 heterocycles. The Hall–Kier alpha value is -2.40. The zero-order valence-corrected chi connectivity index (χ0v) is 13.6. The minimum absolute atomic E-state index is 0.0382. The molecule has 1 aliphatic heterocycles. The summed E-state index contributed by atoms with van der Waals surface area (Å²) >= 11 is 5.90. The van der Waals surface area contributed by atoms with Gasteiger partial charge in [-0.25, -0.2) is 4.39 Å². The summed E-state index contributed by atoms with van der Waals surface area (Å²) < 4.78 is 13.8. The average Bonchev–Trinajstić information content (AvgIpc) is 2.87. The second-order valence-electron chi connectivity index (χ2n) is 5.73. The van der Waals surface area contributed by atoms with Crippen LogP contribution in [0.4, 0.5) is 4.39 Å². The van der Waals surface area contributed by atoms with Gasteiger partial charge < -0.3 is 10.2 Å².